The van der Waals surface area contributed by atoms with Crippen molar-refractivity contribution in [3.63, 3.8) is 0 Å². The molecule has 1 unspecified atom stereocenters. The number of nitrogens with two attached hydrogens (primary N) is 1. The smallest absolute Gasteiger partial charge is 0.159 e. The molecule has 2 nitrogen and oxygen atoms in total. The lowest BCUT2D eigenvalue weighted by Gasteiger charge is -2.13. The van der Waals surface area contributed by atoms with E-state index in [2.05, 4.69) is 0 Å². The van der Waals surface area contributed by atoms with Crippen LogP contribution in [-0.2, 0) is 0 Å². The van der Waals surface area contributed by atoms with Crippen molar-refractivity contribution in [1.29, 1.82) is 0 Å². The molecule has 1 atom stereocenters. The number of hydrogen-bond donors (Lipinski definition) is 1. The molecule has 0 bridgehead atoms. The Kier molecular flexibility index (Phi) is 4.98. The normalized spacial score (nSPS) is 12.2. The molecule has 0 spiro atoms. The Morgan fingerprint density at radius 1 is 1.15 bits per heavy atom. The van der Waals surface area contributed by atoms with Gasteiger partial charge in [-0.05, 0) is 29.8 Å². The molecule has 5 heteroatoms. The fourth-order valence-corrected chi connectivity index (χ4v) is 2.78. The van der Waals surface area contributed by atoms with Crippen LogP contribution in [0.5, 0.6) is 5.75 Å². The van der Waals surface area contributed by atoms with Crippen LogP contribution < -0.4 is 10.5 Å². The van der Waals surface area contributed by atoms with Gasteiger partial charge in [-0.15, -0.1) is 11.8 Å². The van der Waals surface area contributed by atoms with Crippen molar-refractivity contribution >= 4 is 11.8 Å². The van der Waals surface area contributed by atoms with Crippen LogP contribution in [0.1, 0.15) is 11.6 Å². The van der Waals surface area contributed by atoms with Gasteiger partial charge in [0.05, 0.1) is 7.11 Å². The molecular weight excluding hydrogens is 280 g/mol. The van der Waals surface area contributed by atoms with Gasteiger partial charge in [-0.3, -0.25) is 0 Å². The SMILES string of the molecule is COc1ccccc1SCC(N)c1ccc(F)c(F)c1. The first-order chi connectivity index (χ1) is 9.61. The Morgan fingerprint density at radius 2 is 1.90 bits per heavy atom. The predicted molar refractivity (Wildman–Crippen MR) is 77.0 cm³/mol. The van der Waals surface area contributed by atoms with Crippen LogP contribution in [0.25, 0.3) is 0 Å². The van der Waals surface area contributed by atoms with E-state index in [1.165, 1.54) is 17.8 Å². The highest BCUT2D eigenvalue weighted by molar-refractivity contribution is 7.99. The van der Waals surface area contributed by atoms with E-state index in [1.54, 1.807) is 7.11 Å². The quantitative estimate of drug-likeness (QED) is 0.853. The molecule has 2 aromatic carbocycles. The van der Waals surface area contributed by atoms with Gasteiger partial charge in [0.15, 0.2) is 11.6 Å². The zero-order valence-corrected chi connectivity index (χ0v) is 11.8. The number of benzene rings is 2. The van der Waals surface area contributed by atoms with E-state index >= 15 is 0 Å². The second kappa shape index (κ2) is 6.72. The minimum absolute atomic E-state index is 0.375. The van der Waals surface area contributed by atoms with E-state index in [-0.39, 0.29) is 6.04 Å². The zero-order chi connectivity index (χ0) is 14.5. The van der Waals surface area contributed by atoms with Crippen LogP contribution in [0.2, 0.25) is 0 Å². The molecule has 0 aliphatic heterocycles. The highest BCUT2D eigenvalue weighted by Gasteiger charge is 2.11. The van der Waals surface area contributed by atoms with Crippen LogP contribution >= 0.6 is 11.8 Å². The Bertz CT molecular complexity index is 592. The molecule has 0 saturated carbocycles. The first-order valence-corrected chi connectivity index (χ1v) is 7.06. The van der Waals surface area contributed by atoms with Crippen molar-refractivity contribution in [1.82, 2.24) is 0 Å². The Labute approximate surface area is 120 Å². The second-order valence-electron chi connectivity index (χ2n) is 4.24. The third-order valence-corrected chi connectivity index (χ3v) is 4.03. The van der Waals surface area contributed by atoms with Gasteiger partial charge < -0.3 is 10.5 Å². The molecule has 0 saturated heterocycles. The van der Waals surface area contributed by atoms with Crippen molar-refractivity contribution in [3.8, 4) is 5.75 Å². The maximum Gasteiger partial charge on any atom is 0.159 e. The Balaban J connectivity index is 2.04. The summed E-state index contributed by atoms with van der Waals surface area (Å²) in [6.07, 6.45) is 0. The number of rotatable bonds is 5. The molecule has 0 radical (unpaired) electrons. The van der Waals surface area contributed by atoms with Gasteiger partial charge in [-0.2, -0.15) is 0 Å². The molecule has 0 fully saturated rings. The summed E-state index contributed by atoms with van der Waals surface area (Å²) in [6.45, 7) is 0. The van der Waals surface area contributed by atoms with Crippen LogP contribution in [0.3, 0.4) is 0 Å². The third kappa shape index (κ3) is 3.49. The van der Waals surface area contributed by atoms with E-state index in [1.807, 2.05) is 24.3 Å². The minimum Gasteiger partial charge on any atom is -0.496 e. The fraction of sp³-hybridized carbons (Fsp3) is 0.200. The van der Waals surface area contributed by atoms with Gasteiger partial charge >= 0.3 is 0 Å². The molecule has 20 heavy (non-hydrogen) atoms. The molecule has 106 valence electrons. The molecule has 2 N–H and O–H groups in total. The minimum atomic E-state index is -0.875. The molecule has 0 amide bonds. The summed E-state index contributed by atoms with van der Waals surface area (Å²) in [5.74, 6) is -0.417. The second-order valence-corrected chi connectivity index (χ2v) is 5.30. The summed E-state index contributed by atoms with van der Waals surface area (Å²) >= 11 is 1.52. The van der Waals surface area contributed by atoms with E-state index in [0.29, 0.717) is 11.3 Å². The Morgan fingerprint density at radius 3 is 2.60 bits per heavy atom. The zero-order valence-electron chi connectivity index (χ0n) is 11.0. The van der Waals surface area contributed by atoms with Crippen LogP contribution in [0.15, 0.2) is 47.4 Å². The molecule has 0 aliphatic rings. The van der Waals surface area contributed by atoms with E-state index < -0.39 is 11.6 Å². The average molecular weight is 295 g/mol. The van der Waals surface area contributed by atoms with Gasteiger partial charge in [-0.1, -0.05) is 18.2 Å². The number of thioether (sulfide) groups is 1. The lowest BCUT2D eigenvalue weighted by atomic mass is 10.1. The summed E-state index contributed by atoms with van der Waals surface area (Å²) in [5, 5.41) is 0. The lowest BCUT2D eigenvalue weighted by molar-refractivity contribution is 0.405. The summed E-state index contributed by atoms with van der Waals surface area (Å²) in [5.41, 5.74) is 6.58. The largest absolute Gasteiger partial charge is 0.496 e. The number of para-hydroxylation sites is 1. The predicted octanol–water partition coefficient (Wildman–Crippen LogP) is 3.77. The maximum atomic E-state index is 13.2. The van der Waals surface area contributed by atoms with Crippen LogP contribution in [0.4, 0.5) is 8.78 Å². The number of ether oxygens (including phenoxy) is 1. The van der Waals surface area contributed by atoms with Gasteiger partial charge in [0.1, 0.15) is 5.75 Å². The fourth-order valence-electron chi connectivity index (χ4n) is 1.76. The summed E-state index contributed by atoms with van der Waals surface area (Å²) in [6, 6.07) is 11.0. The molecule has 0 aromatic heterocycles. The summed E-state index contributed by atoms with van der Waals surface area (Å²) < 4.78 is 31.3. The van der Waals surface area contributed by atoms with Crippen molar-refractivity contribution in [3.05, 3.63) is 59.7 Å². The van der Waals surface area contributed by atoms with E-state index in [4.69, 9.17) is 10.5 Å². The highest BCUT2D eigenvalue weighted by Crippen LogP contribution is 2.31. The molecule has 0 heterocycles. The molecule has 0 aliphatic carbocycles. The topological polar surface area (TPSA) is 35.2 Å². The Hall–Kier alpha value is -1.59. The molecular formula is C15H15F2NOS. The molecule has 2 rings (SSSR count). The van der Waals surface area contributed by atoms with Crippen molar-refractivity contribution in [2.45, 2.75) is 10.9 Å². The summed E-state index contributed by atoms with van der Waals surface area (Å²) in [4.78, 5) is 0.966. The van der Waals surface area contributed by atoms with Crippen molar-refractivity contribution < 1.29 is 13.5 Å². The number of halogens is 2. The van der Waals surface area contributed by atoms with Crippen molar-refractivity contribution in [2.24, 2.45) is 5.73 Å². The highest BCUT2D eigenvalue weighted by atomic mass is 32.2. The van der Waals surface area contributed by atoms with Gasteiger partial charge in [0, 0.05) is 16.7 Å². The first-order valence-electron chi connectivity index (χ1n) is 6.08. The standard InChI is InChI=1S/C15H15F2NOS/c1-19-14-4-2-3-5-15(14)20-9-13(18)10-6-7-11(16)12(17)8-10/h2-8,13H,9,18H2,1H3. The van der Waals surface area contributed by atoms with Crippen LogP contribution in [-0.4, -0.2) is 12.9 Å². The van der Waals surface area contributed by atoms with E-state index in [0.717, 1.165) is 22.8 Å². The summed E-state index contributed by atoms with van der Waals surface area (Å²) in [7, 11) is 1.61. The monoisotopic (exact) mass is 295 g/mol. The molecule has 2 aromatic rings. The first kappa shape index (κ1) is 14.8. The average Bonchev–Trinajstić information content (AvgIpc) is 2.47. The van der Waals surface area contributed by atoms with Gasteiger partial charge in [0.2, 0.25) is 0 Å². The number of methoxy groups -OCH3 is 1. The maximum absolute atomic E-state index is 13.2. The van der Waals surface area contributed by atoms with E-state index in [9.17, 15) is 8.78 Å². The van der Waals surface area contributed by atoms with Crippen LogP contribution in [0, 0.1) is 11.6 Å². The van der Waals surface area contributed by atoms with Gasteiger partial charge in [-0.25, -0.2) is 8.78 Å². The lowest BCUT2D eigenvalue weighted by Crippen LogP contribution is -2.13. The third-order valence-electron chi connectivity index (χ3n) is 2.86. The van der Waals surface area contributed by atoms with Gasteiger partial charge in [0.25, 0.3) is 0 Å². The van der Waals surface area contributed by atoms with Crippen molar-refractivity contribution in [2.75, 3.05) is 12.9 Å². The number of hydrogen-bond acceptors (Lipinski definition) is 3.